The zero-order valence-corrected chi connectivity index (χ0v) is 17.0. The van der Waals surface area contributed by atoms with Gasteiger partial charge in [-0.2, -0.15) is 0 Å². The first-order chi connectivity index (χ1) is 14.8. The van der Waals surface area contributed by atoms with E-state index in [2.05, 4.69) is 30.2 Å². The van der Waals surface area contributed by atoms with Crippen LogP contribution in [0.4, 0.5) is 14.6 Å². The molecule has 11 heteroatoms. The van der Waals surface area contributed by atoms with Crippen LogP contribution in [0.1, 0.15) is 29.1 Å². The van der Waals surface area contributed by atoms with Gasteiger partial charge in [-0.1, -0.05) is 23.7 Å². The van der Waals surface area contributed by atoms with E-state index < -0.39 is 24.9 Å². The van der Waals surface area contributed by atoms with Crippen LogP contribution in [0.5, 0.6) is 0 Å². The van der Waals surface area contributed by atoms with Gasteiger partial charge in [-0.05, 0) is 24.4 Å². The predicted molar refractivity (Wildman–Crippen MR) is 111 cm³/mol. The monoisotopic (exact) mass is 443 g/mol. The molecule has 3 aromatic heterocycles. The molecular weight excluding hydrogens is 428 g/mol. The van der Waals surface area contributed by atoms with Crippen molar-refractivity contribution in [3.8, 4) is 0 Å². The molecule has 1 fully saturated rings. The second kappa shape index (κ2) is 7.09. The molecule has 0 spiro atoms. The highest BCUT2D eigenvalue weighted by molar-refractivity contribution is 6.36. The number of likely N-dealkylation sites (tertiary alicyclic amines) is 1. The van der Waals surface area contributed by atoms with Gasteiger partial charge in [-0.25, -0.2) is 28.7 Å². The summed E-state index contributed by atoms with van der Waals surface area (Å²) < 4.78 is 26.7. The van der Waals surface area contributed by atoms with E-state index in [0.29, 0.717) is 38.5 Å². The molecule has 158 valence electrons. The minimum absolute atomic E-state index is 0.0508. The summed E-state index contributed by atoms with van der Waals surface area (Å²) in [4.78, 5) is 34.0. The highest BCUT2D eigenvalue weighted by Gasteiger charge is 2.47. The van der Waals surface area contributed by atoms with Crippen molar-refractivity contribution in [1.82, 2.24) is 29.8 Å². The van der Waals surface area contributed by atoms with Gasteiger partial charge in [0.05, 0.1) is 36.2 Å². The van der Waals surface area contributed by atoms with Gasteiger partial charge in [0, 0.05) is 5.39 Å². The fourth-order valence-electron chi connectivity index (χ4n) is 3.62. The molecule has 0 saturated carbocycles. The number of hydrogen-bond acceptors (Lipinski definition) is 6. The fourth-order valence-corrected chi connectivity index (χ4v) is 3.89. The summed E-state index contributed by atoms with van der Waals surface area (Å²) >= 11 is 6.34. The maximum atomic E-state index is 13.3. The first-order valence-corrected chi connectivity index (χ1v) is 9.87. The SMILES string of the molecule is C[C@H](Nc1ncnc2[nH]cnc12)c1cc2cccc(Cl)c2c(C(=O)N2CC(F)(F)C2)n1. The quantitative estimate of drug-likeness (QED) is 0.497. The van der Waals surface area contributed by atoms with Gasteiger partial charge in [0.2, 0.25) is 0 Å². The number of aromatic amines is 1. The number of fused-ring (bicyclic) bond motifs is 2. The number of pyridine rings is 1. The molecule has 0 radical (unpaired) electrons. The Bertz CT molecular complexity index is 1320. The Balaban J connectivity index is 1.54. The van der Waals surface area contributed by atoms with Crippen LogP contribution in [0.3, 0.4) is 0 Å². The van der Waals surface area contributed by atoms with Crippen molar-refractivity contribution in [3.63, 3.8) is 0 Å². The summed E-state index contributed by atoms with van der Waals surface area (Å²) in [7, 11) is 0. The van der Waals surface area contributed by atoms with Gasteiger partial charge in [0.25, 0.3) is 11.8 Å². The standard InChI is InChI=1S/C20H16ClF2N7O/c1-10(28-18-16-17(25-8-24-16)26-9-27-18)13-5-11-3-2-4-12(21)14(11)15(29-13)19(31)30-6-20(22,23)7-30/h2-5,8-10H,6-7H2,1H3,(H2,24,25,26,27,28)/t10-/m0/s1. The number of alkyl halides is 2. The minimum atomic E-state index is -2.87. The van der Waals surface area contributed by atoms with E-state index in [0.717, 1.165) is 4.90 Å². The molecule has 4 heterocycles. The molecule has 8 nitrogen and oxygen atoms in total. The maximum absolute atomic E-state index is 13.3. The number of aromatic nitrogens is 5. The third-order valence-electron chi connectivity index (χ3n) is 5.18. The van der Waals surface area contributed by atoms with Crippen molar-refractivity contribution >= 4 is 45.3 Å². The highest BCUT2D eigenvalue weighted by atomic mass is 35.5. The smallest absolute Gasteiger partial charge is 0.282 e. The molecule has 1 aliphatic heterocycles. The molecule has 5 rings (SSSR count). The Hall–Kier alpha value is -3.40. The number of H-pyrrole nitrogens is 1. The van der Waals surface area contributed by atoms with E-state index in [1.807, 2.05) is 13.0 Å². The topological polar surface area (TPSA) is 99.7 Å². The van der Waals surface area contributed by atoms with Gasteiger partial charge in [-0.15, -0.1) is 0 Å². The fraction of sp³-hybridized carbons (Fsp3) is 0.250. The number of nitrogens with zero attached hydrogens (tertiary/aromatic N) is 5. The zero-order valence-electron chi connectivity index (χ0n) is 16.2. The molecule has 31 heavy (non-hydrogen) atoms. The Morgan fingerprint density at radius 2 is 2.10 bits per heavy atom. The second-order valence-electron chi connectivity index (χ2n) is 7.44. The first kappa shape index (κ1) is 19.6. The lowest BCUT2D eigenvalue weighted by atomic mass is 10.0. The minimum Gasteiger partial charge on any atom is -0.360 e. The van der Waals surface area contributed by atoms with Gasteiger partial charge in [0.1, 0.15) is 17.5 Å². The highest BCUT2D eigenvalue weighted by Crippen LogP contribution is 2.33. The van der Waals surface area contributed by atoms with Crippen molar-refractivity contribution in [2.45, 2.75) is 18.9 Å². The van der Waals surface area contributed by atoms with E-state index in [1.165, 1.54) is 12.7 Å². The normalized spacial score (nSPS) is 16.3. The van der Waals surface area contributed by atoms with E-state index >= 15 is 0 Å². The van der Waals surface area contributed by atoms with E-state index in [4.69, 9.17) is 11.6 Å². The van der Waals surface area contributed by atoms with Crippen LogP contribution in [-0.4, -0.2) is 54.7 Å². The molecule has 4 aromatic rings. The van der Waals surface area contributed by atoms with Crippen molar-refractivity contribution in [3.05, 3.63) is 53.3 Å². The van der Waals surface area contributed by atoms with Crippen LogP contribution in [0.2, 0.25) is 5.02 Å². The van der Waals surface area contributed by atoms with Crippen LogP contribution in [0.25, 0.3) is 21.9 Å². The van der Waals surface area contributed by atoms with Crippen molar-refractivity contribution < 1.29 is 13.6 Å². The molecule has 0 bridgehead atoms. The lowest BCUT2D eigenvalue weighted by Crippen LogP contribution is -2.58. The van der Waals surface area contributed by atoms with Crippen LogP contribution < -0.4 is 5.32 Å². The molecular formula is C20H16ClF2N7O. The lowest BCUT2D eigenvalue weighted by Gasteiger charge is -2.38. The second-order valence-corrected chi connectivity index (χ2v) is 7.85. The summed E-state index contributed by atoms with van der Waals surface area (Å²) in [5, 5.41) is 4.70. The predicted octanol–water partition coefficient (Wildman–Crippen LogP) is 3.82. The average molecular weight is 444 g/mol. The number of imidazole rings is 1. The van der Waals surface area contributed by atoms with Crippen molar-refractivity contribution in [2.75, 3.05) is 18.4 Å². The average Bonchev–Trinajstić information content (AvgIpc) is 3.20. The summed E-state index contributed by atoms with van der Waals surface area (Å²) in [5.41, 5.74) is 1.73. The number of rotatable bonds is 4. The molecule has 1 saturated heterocycles. The third kappa shape index (κ3) is 3.42. The Kier molecular flexibility index (Phi) is 4.47. The van der Waals surface area contributed by atoms with Gasteiger partial charge >= 0.3 is 0 Å². The van der Waals surface area contributed by atoms with Gasteiger partial charge in [-0.3, -0.25) is 4.79 Å². The molecule has 0 unspecified atom stereocenters. The molecule has 1 aromatic carbocycles. The van der Waals surface area contributed by atoms with Gasteiger partial charge in [0.15, 0.2) is 11.5 Å². The number of amides is 1. The van der Waals surface area contributed by atoms with E-state index in [-0.39, 0.29) is 11.7 Å². The lowest BCUT2D eigenvalue weighted by molar-refractivity contribution is -0.113. The third-order valence-corrected chi connectivity index (χ3v) is 5.49. The number of anilines is 1. The van der Waals surface area contributed by atoms with E-state index in [9.17, 15) is 13.6 Å². The number of benzene rings is 1. The van der Waals surface area contributed by atoms with Crippen molar-refractivity contribution in [2.24, 2.45) is 0 Å². The number of carbonyl (C=O) groups is 1. The molecule has 1 aliphatic rings. The van der Waals surface area contributed by atoms with E-state index in [1.54, 1.807) is 18.2 Å². The van der Waals surface area contributed by atoms with Gasteiger partial charge < -0.3 is 15.2 Å². The first-order valence-electron chi connectivity index (χ1n) is 9.49. The zero-order chi connectivity index (χ0) is 21.8. The Morgan fingerprint density at radius 1 is 1.29 bits per heavy atom. The summed E-state index contributed by atoms with van der Waals surface area (Å²) in [5.74, 6) is -2.94. The molecule has 2 N–H and O–H groups in total. The summed E-state index contributed by atoms with van der Waals surface area (Å²) in [6.07, 6.45) is 2.92. The van der Waals surface area contributed by atoms with Crippen LogP contribution in [-0.2, 0) is 0 Å². The number of halogens is 3. The van der Waals surface area contributed by atoms with Crippen LogP contribution >= 0.6 is 11.6 Å². The summed E-state index contributed by atoms with van der Waals surface area (Å²) in [6.45, 7) is 0.594. The molecule has 0 aliphatic carbocycles. The number of nitrogens with one attached hydrogen (secondary N) is 2. The molecule has 1 amide bonds. The Labute approximate surface area is 179 Å². The number of hydrogen-bond donors (Lipinski definition) is 2. The molecule has 1 atom stereocenters. The van der Waals surface area contributed by atoms with Crippen molar-refractivity contribution in [1.29, 1.82) is 0 Å². The maximum Gasteiger partial charge on any atom is 0.282 e. The summed E-state index contributed by atoms with van der Waals surface area (Å²) in [6, 6.07) is 6.64. The Morgan fingerprint density at radius 3 is 2.87 bits per heavy atom. The number of carbonyl (C=O) groups excluding carboxylic acids is 1. The van der Waals surface area contributed by atoms with Crippen LogP contribution in [0, 0.1) is 0 Å². The van der Waals surface area contributed by atoms with Crippen LogP contribution in [0.15, 0.2) is 36.9 Å². The largest absolute Gasteiger partial charge is 0.360 e.